The van der Waals surface area contributed by atoms with Gasteiger partial charge in [-0.2, -0.15) is 43.9 Å². The minimum absolute atomic E-state index is 1.02. The third kappa shape index (κ3) is 4.79. The van der Waals surface area contributed by atoms with Crippen molar-refractivity contribution in [2.24, 2.45) is 5.73 Å². The standard InChI is InChI=1S/C9H10F11NO2/c10-5(7(13,14)15,2-1-4(21)3-22)23-9(19,20)6(11,12)8(16,17)18/h4,22H,1-3,21H2. The first kappa shape index (κ1) is 22.1. The number of nitrogens with two attached hydrogens (primary N) is 1. The second-order valence-electron chi connectivity index (χ2n) is 4.40. The fourth-order valence-corrected chi connectivity index (χ4v) is 1.15. The smallest absolute Gasteiger partial charge is 0.395 e. The van der Waals surface area contributed by atoms with Crippen LogP contribution in [0.5, 0.6) is 0 Å². The number of hydrogen-bond acceptors (Lipinski definition) is 3. The zero-order valence-corrected chi connectivity index (χ0v) is 10.8. The van der Waals surface area contributed by atoms with Crippen molar-refractivity contribution in [3.05, 3.63) is 0 Å². The van der Waals surface area contributed by atoms with Crippen molar-refractivity contribution in [2.75, 3.05) is 6.61 Å². The van der Waals surface area contributed by atoms with Crippen molar-refractivity contribution in [3.8, 4) is 0 Å². The molecule has 0 aromatic carbocycles. The average Bonchev–Trinajstić information content (AvgIpc) is 2.32. The number of ether oxygens (including phenoxy) is 1. The Hall–Kier alpha value is -0.890. The summed E-state index contributed by atoms with van der Waals surface area (Å²) in [4.78, 5) is 0. The van der Waals surface area contributed by atoms with Gasteiger partial charge in [0.1, 0.15) is 0 Å². The minimum Gasteiger partial charge on any atom is -0.395 e. The maximum Gasteiger partial charge on any atom is 0.462 e. The van der Waals surface area contributed by atoms with Gasteiger partial charge in [0.25, 0.3) is 0 Å². The molecule has 0 aliphatic rings. The molecule has 0 radical (unpaired) electrons. The van der Waals surface area contributed by atoms with Crippen LogP contribution in [0.4, 0.5) is 48.3 Å². The van der Waals surface area contributed by atoms with Gasteiger partial charge in [0, 0.05) is 12.5 Å². The molecule has 0 bridgehead atoms. The van der Waals surface area contributed by atoms with Crippen LogP contribution < -0.4 is 5.73 Å². The predicted octanol–water partition coefficient (Wildman–Crippen LogP) is 3.12. The Morgan fingerprint density at radius 2 is 1.26 bits per heavy atom. The normalized spacial score (nSPS) is 18.7. The van der Waals surface area contributed by atoms with Crippen molar-refractivity contribution >= 4 is 0 Å². The summed E-state index contributed by atoms with van der Waals surface area (Å²) in [7, 11) is 0. The quantitative estimate of drug-likeness (QED) is 0.675. The Morgan fingerprint density at radius 1 is 0.826 bits per heavy atom. The van der Waals surface area contributed by atoms with E-state index in [0.717, 1.165) is 0 Å². The molecular formula is C9H10F11NO2. The van der Waals surface area contributed by atoms with E-state index in [0.29, 0.717) is 0 Å². The molecule has 0 aromatic rings. The van der Waals surface area contributed by atoms with Gasteiger partial charge < -0.3 is 10.8 Å². The SMILES string of the molecule is NC(CO)CCC(F)(OC(F)(F)C(F)(F)C(F)(F)F)C(F)(F)F. The molecule has 0 saturated heterocycles. The lowest BCUT2D eigenvalue weighted by molar-refractivity contribution is -0.483. The summed E-state index contributed by atoms with van der Waals surface area (Å²) < 4.78 is 139. The largest absolute Gasteiger partial charge is 0.462 e. The minimum atomic E-state index is -7.08. The van der Waals surface area contributed by atoms with E-state index in [4.69, 9.17) is 10.8 Å². The summed E-state index contributed by atoms with van der Waals surface area (Å²) in [6.45, 7) is -1.02. The Morgan fingerprint density at radius 3 is 1.57 bits per heavy atom. The molecule has 3 nitrogen and oxygen atoms in total. The first-order chi connectivity index (χ1) is 9.91. The van der Waals surface area contributed by atoms with Crippen LogP contribution in [0.15, 0.2) is 0 Å². The second kappa shape index (κ2) is 6.55. The van der Waals surface area contributed by atoms with E-state index in [1.165, 1.54) is 0 Å². The molecule has 0 aliphatic carbocycles. The highest BCUT2D eigenvalue weighted by Gasteiger charge is 2.78. The number of halogens is 11. The van der Waals surface area contributed by atoms with Gasteiger partial charge in [-0.15, -0.1) is 0 Å². The van der Waals surface area contributed by atoms with Crippen molar-refractivity contribution < 1.29 is 58.1 Å². The summed E-state index contributed by atoms with van der Waals surface area (Å²) >= 11 is 0. The van der Waals surface area contributed by atoms with Gasteiger partial charge in [0.05, 0.1) is 6.61 Å². The molecule has 0 aromatic heterocycles. The van der Waals surface area contributed by atoms with Crippen LogP contribution in [-0.2, 0) is 4.74 Å². The van der Waals surface area contributed by atoms with E-state index < -0.39 is 55.7 Å². The maximum atomic E-state index is 13.5. The first-order valence-electron chi connectivity index (χ1n) is 5.56. The average molecular weight is 373 g/mol. The highest BCUT2D eigenvalue weighted by molar-refractivity contribution is 4.89. The molecule has 0 aliphatic heterocycles. The molecule has 3 N–H and O–H groups in total. The molecule has 2 atom stereocenters. The van der Waals surface area contributed by atoms with E-state index in [9.17, 15) is 48.3 Å². The van der Waals surface area contributed by atoms with E-state index >= 15 is 0 Å². The van der Waals surface area contributed by atoms with Gasteiger partial charge in [-0.3, -0.25) is 4.74 Å². The topological polar surface area (TPSA) is 55.5 Å². The van der Waals surface area contributed by atoms with Crippen molar-refractivity contribution in [2.45, 2.75) is 49.1 Å². The zero-order chi connectivity index (χ0) is 18.9. The Kier molecular flexibility index (Phi) is 6.29. The summed E-state index contributed by atoms with van der Waals surface area (Å²) in [5, 5.41) is 8.42. The molecule has 0 saturated carbocycles. The van der Waals surface area contributed by atoms with Gasteiger partial charge in [-0.25, -0.2) is 4.39 Å². The number of hydrogen-bond donors (Lipinski definition) is 2. The van der Waals surface area contributed by atoms with Crippen molar-refractivity contribution in [1.82, 2.24) is 0 Å². The molecule has 0 heterocycles. The third-order valence-corrected chi connectivity index (χ3v) is 2.51. The van der Waals surface area contributed by atoms with Crippen LogP contribution in [0, 0.1) is 0 Å². The zero-order valence-electron chi connectivity index (χ0n) is 10.8. The lowest BCUT2D eigenvalue weighted by Crippen LogP contribution is -2.59. The fourth-order valence-electron chi connectivity index (χ4n) is 1.15. The second-order valence-corrected chi connectivity index (χ2v) is 4.40. The number of aliphatic hydroxyl groups is 1. The number of rotatable bonds is 7. The van der Waals surface area contributed by atoms with Crippen LogP contribution >= 0.6 is 0 Å². The molecule has 14 heteroatoms. The predicted molar refractivity (Wildman–Crippen MR) is 51.2 cm³/mol. The van der Waals surface area contributed by atoms with Crippen molar-refractivity contribution in [1.29, 1.82) is 0 Å². The van der Waals surface area contributed by atoms with Crippen LogP contribution in [0.2, 0.25) is 0 Å². The number of alkyl halides is 11. The molecule has 0 spiro atoms. The van der Waals surface area contributed by atoms with E-state index in [1.807, 2.05) is 0 Å². The van der Waals surface area contributed by atoms with E-state index in [-0.39, 0.29) is 0 Å². The van der Waals surface area contributed by atoms with Crippen LogP contribution in [0.3, 0.4) is 0 Å². The Labute approximate surface area is 121 Å². The monoisotopic (exact) mass is 373 g/mol. The highest BCUT2D eigenvalue weighted by atomic mass is 19.4. The van der Waals surface area contributed by atoms with Crippen LogP contribution in [0.25, 0.3) is 0 Å². The lowest BCUT2D eigenvalue weighted by Gasteiger charge is -2.35. The van der Waals surface area contributed by atoms with Gasteiger partial charge in [0.2, 0.25) is 0 Å². The van der Waals surface area contributed by atoms with Gasteiger partial charge in [0.15, 0.2) is 0 Å². The first-order valence-corrected chi connectivity index (χ1v) is 5.56. The van der Waals surface area contributed by atoms with E-state index in [1.54, 1.807) is 0 Å². The summed E-state index contributed by atoms with van der Waals surface area (Å²) in [6.07, 6.45) is -23.5. The molecular weight excluding hydrogens is 363 g/mol. The summed E-state index contributed by atoms with van der Waals surface area (Å²) in [6, 6.07) is -1.58. The lowest BCUT2D eigenvalue weighted by atomic mass is 10.1. The number of aliphatic hydroxyl groups excluding tert-OH is 1. The van der Waals surface area contributed by atoms with E-state index in [2.05, 4.69) is 4.74 Å². The molecule has 0 fully saturated rings. The maximum absolute atomic E-state index is 13.5. The van der Waals surface area contributed by atoms with Crippen LogP contribution in [0.1, 0.15) is 12.8 Å². The molecule has 140 valence electrons. The summed E-state index contributed by atoms with van der Waals surface area (Å²) in [5.74, 6) is -12.6. The van der Waals surface area contributed by atoms with Crippen molar-refractivity contribution in [3.63, 3.8) is 0 Å². The molecule has 23 heavy (non-hydrogen) atoms. The highest BCUT2D eigenvalue weighted by Crippen LogP contribution is 2.51. The molecule has 0 rings (SSSR count). The Balaban J connectivity index is 5.55. The molecule has 0 amide bonds. The Bertz CT molecular complexity index is 394. The van der Waals surface area contributed by atoms with Gasteiger partial charge in [-0.05, 0) is 6.42 Å². The molecule has 2 unspecified atom stereocenters. The fraction of sp³-hybridized carbons (Fsp3) is 1.00. The van der Waals surface area contributed by atoms with Crippen LogP contribution in [-0.4, -0.2) is 48.0 Å². The van der Waals surface area contributed by atoms with Gasteiger partial charge >= 0.3 is 30.2 Å². The third-order valence-electron chi connectivity index (χ3n) is 2.51. The summed E-state index contributed by atoms with van der Waals surface area (Å²) in [5.41, 5.74) is 4.89. The van der Waals surface area contributed by atoms with Gasteiger partial charge in [-0.1, -0.05) is 0 Å².